The van der Waals surface area contributed by atoms with E-state index in [0.717, 1.165) is 30.4 Å². The average molecular weight is 300 g/mol. The average Bonchev–Trinajstić information content (AvgIpc) is 2.68. The van der Waals surface area contributed by atoms with E-state index in [1.807, 2.05) is 0 Å². The van der Waals surface area contributed by atoms with Gasteiger partial charge in [-0.3, -0.25) is 9.59 Å². The topological polar surface area (TPSA) is 74.6 Å². The molecule has 4 atom stereocenters. The van der Waals surface area contributed by atoms with Crippen LogP contribution in [0.25, 0.3) is 0 Å². The lowest BCUT2D eigenvalue weighted by Crippen LogP contribution is -2.37. The van der Waals surface area contributed by atoms with Crippen molar-refractivity contribution in [3.8, 4) is 0 Å². The first-order valence-corrected chi connectivity index (χ1v) is 7.94. The summed E-state index contributed by atoms with van der Waals surface area (Å²) in [7, 11) is 4.45. The highest BCUT2D eigenvalue weighted by Crippen LogP contribution is 2.34. The highest BCUT2D eigenvalue weighted by atomic mass is 16.4. The predicted molar refractivity (Wildman–Crippen MR) is 80.9 cm³/mol. The highest BCUT2D eigenvalue weighted by Gasteiger charge is 2.39. The Kier molecular flexibility index (Phi) is 6.20. The maximum Gasteiger partial charge on any atom is 0.306 e. The van der Waals surface area contributed by atoms with E-state index in [2.05, 4.69) is 21.0 Å². The van der Waals surface area contributed by atoms with Crippen LogP contribution < -0.4 is 0 Å². The fourth-order valence-corrected chi connectivity index (χ4v) is 3.72. The van der Waals surface area contributed by atoms with Crippen LogP contribution >= 0.6 is 0 Å². The number of aliphatic carboxylic acids is 2. The molecule has 1 fully saturated rings. The molecule has 21 heavy (non-hydrogen) atoms. The lowest BCUT2D eigenvalue weighted by Gasteiger charge is -2.23. The van der Waals surface area contributed by atoms with Crippen LogP contribution in [0.1, 0.15) is 39.5 Å². The molecule has 1 aliphatic heterocycles. The Morgan fingerprint density at radius 1 is 1.14 bits per heavy atom. The van der Waals surface area contributed by atoms with Crippen LogP contribution in [-0.2, 0) is 9.59 Å². The molecule has 0 saturated carbocycles. The van der Waals surface area contributed by atoms with Gasteiger partial charge < -0.3 is 14.7 Å². The fraction of sp³-hybridized carbons (Fsp3) is 0.875. The van der Waals surface area contributed by atoms with Crippen molar-refractivity contribution in [2.45, 2.75) is 39.5 Å². The number of nitrogens with zero attached hydrogens (tertiary/aromatic N) is 1. The van der Waals surface area contributed by atoms with E-state index in [0.29, 0.717) is 18.3 Å². The molecule has 1 aliphatic rings. The van der Waals surface area contributed by atoms with Crippen LogP contribution in [-0.4, -0.2) is 53.8 Å². The summed E-state index contributed by atoms with van der Waals surface area (Å²) in [5.74, 6) is -1.68. The van der Waals surface area contributed by atoms with Crippen molar-refractivity contribution in [1.29, 1.82) is 0 Å². The standard InChI is InChI=1S/C16H29NO4/c1-5-12-9-17(3,4)10-14(12)7-6-13(16(20)21)8-11(2)15(18)19/h11-14H,5-10H2,1-4H3,(H-,18,19,20,21)/p+1. The van der Waals surface area contributed by atoms with Crippen molar-refractivity contribution in [3.63, 3.8) is 0 Å². The maximum absolute atomic E-state index is 11.3. The summed E-state index contributed by atoms with van der Waals surface area (Å²) in [6, 6.07) is 0. The second-order valence-electron chi connectivity index (χ2n) is 7.32. The van der Waals surface area contributed by atoms with Crippen molar-refractivity contribution in [3.05, 3.63) is 0 Å². The first-order valence-electron chi connectivity index (χ1n) is 7.94. The molecule has 2 N–H and O–H groups in total. The summed E-state index contributed by atoms with van der Waals surface area (Å²) in [4.78, 5) is 22.2. The minimum Gasteiger partial charge on any atom is -0.481 e. The van der Waals surface area contributed by atoms with E-state index in [9.17, 15) is 14.7 Å². The van der Waals surface area contributed by atoms with Gasteiger partial charge in [0.15, 0.2) is 0 Å². The quantitative estimate of drug-likeness (QED) is 0.675. The molecule has 1 heterocycles. The van der Waals surface area contributed by atoms with Gasteiger partial charge in [0.05, 0.1) is 39.0 Å². The zero-order valence-electron chi connectivity index (χ0n) is 13.7. The number of hydrogen-bond acceptors (Lipinski definition) is 2. The van der Waals surface area contributed by atoms with Gasteiger partial charge in [-0.2, -0.15) is 0 Å². The Labute approximate surface area is 127 Å². The molecular weight excluding hydrogens is 270 g/mol. The monoisotopic (exact) mass is 300 g/mol. The summed E-state index contributed by atoms with van der Waals surface area (Å²) in [6.07, 6.45) is 2.85. The van der Waals surface area contributed by atoms with E-state index < -0.39 is 23.8 Å². The molecule has 0 aromatic carbocycles. The number of quaternary nitrogens is 1. The molecule has 1 rings (SSSR count). The van der Waals surface area contributed by atoms with E-state index in [1.165, 1.54) is 0 Å². The molecule has 0 spiro atoms. The van der Waals surface area contributed by atoms with Crippen molar-refractivity contribution in [2.75, 3.05) is 27.2 Å². The Bertz CT molecular complexity index is 380. The molecule has 0 aromatic heterocycles. The number of carboxylic acids is 2. The number of carbonyl (C=O) groups is 2. The molecule has 0 amide bonds. The largest absolute Gasteiger partial charge is 0.481 e. The van der Waals surface area contributed by atoms with Crippen molar-refractivity contribution in [2.24, 2.45) is 23.7 Å². The van der Waals surface area contributed by atoms with Crippen LogP contribution in [0.3, 0.4) is 0 Å². The van der Waals surface area contributed by atoms with Crippen LogP contribution in [0.2, 0.25) is 0 Å². The molecule has 0 aromatic rings. The van der Waals surface area contributed by atoms with Crippen molar-refractivity contribution < 1.29 is 24.3 Å². The van der Waals surface area contributed by atoms with Crippen LogP contribution in [0.5, 0.6) is 0 Å². The second-order valence-corrected chi connectivity index (χ2v) is 7.32. The Morgan fingerprint density at radius 3 is 2.19 bits per heavy atom. The van der Waals surface area contributed by atoms with Gasteiger partial charge >= 0.3 is 11.9 Å². The summed E-state index contributed by atoms with van der Waals surface area (Å²) in [5, 5.41) is 18.3. The zero-order chi connectivity index (χ0) is 16.2. The lowest BCUT2D eigenvalue weighted by molar-refractivity contribution is -0.880. The molecule has 4 unspecified atom stereocenters. The van der Waals surface area contributed by atoms with E-state index in [1.54, 1.807) is 6.92 Å². The molecule has 122 valence electrons. The Hall–Kier alpha value is -1.10. The minimum absolute atomic E-state index is 0.229. The summed E-state index contributed by atoms with van der Waals surface area (Å²) in [6.45, 7) is 6.04. The predicted octanol–water partition coefficient (Wildman–Crippen LogP) is 2.31. The first-order chi connectivity index (χ1) is 9.66. The number of likely N-dealkylation sites (tertiary alicyclic amines) is 1. The molecule has 0 radical (unpaired) electrons. The second kappa shape index (κ2) is 7.25. The van der Waals surface area contributed by atoms with Gasteiger partial charge in [-0.05, 0) is 25.7 Å². The van der Waals surface area contributed by atoms with Gasteiger partial charge in [0.2, 0.25) is 0 Å². The third kappa shape index (κ3) is 5.30. The first kappa shape index (κ1) is 18.0. The molecule has 5 nitrogen and oxygen atoms in total. The summed E-state index contributed by atoms with van der Waals surface area (Å²) in [5.41, 5.74) is 0. The minimum atomic E-state index is -0.911. The van der Waals surface area contributed by atoms with Gasteiger partial charge in [0, 0.05) is 11.8 Å². The third-order valence-corrected chi connectivity index (χ3v) is 4.94. The summed E-state index contributed by atoms with van der Waals surface area (Å²) < 4.78 is 1.01. The van der Waals surface area contributed by atoms with Gasteiger partial charge in [0.25, 0.3) is 0 Å². The molecule has 0 aliphatic carbocycles. The third-order valence-electron chi connectivity index (χ3n) is 4.94. The zero-order valence-corrected chi connectivity index (χ0v) is 13.7. The summed E-state index contributed by atoms with van der Waals surface area (Å²) >= 11 is 0. The number of carboxylic acid groups (broad SMARTS) is 2. The number of rotatable bonds is 8. The van der Waals surface area contributed by atoms with Crippen molar-refractivity contribution >= 4 is 11.9 Å². The smallest absolute Gasteiger partial charge is 0.306 e. The molecule has 0 bridgehead atoms. The fourth-order valence-electron chi connectivity index (χ4n) is 3.72. The van der Waals surface area contributed by atoms with Crippen LogP contribution in [0, 0.1) is 23.7 Å². The van der Waals surface area contributed by atoms with E-state index >= 15 is 0 Å². The Morgan fingerprint density at radius 2 is 1.71 bits per heavy atom. The van der Waals surface area contributed by atoms with Crippen LogP contribution in [0.4, 0.5) is 0 Å². The SMILES string of the molecule is CCC1C[N+](C)(C)CC1CCC(CC(C)C(=O)O)C(=O)O. The van der Waals surface area contributed by atoms with E-state index in [-0.39, 0.29) is 6.42 Å². The van der Waals surface area contributed by atoms with E-state index in [4.69, 9.17) is 5.11 Å². The normalized spacial score (nSPS) is 27.2. The molecule has 1 saturated heterocycles. The molecule has 5 heteroatoms. The van der Waals surface area contributed by atoms with Crippen LogP contribution in [0.15, 0.2) is 0 Å². The van der Waals surface area contributed by atoms with Gasteiger partial charge in [0.1, 0.15) is 0 Å². The van der Waals surface area contributed by atoms with Gasteiger partial charge in [-0.15, -0.1) is 0 Å². The molecular formula is C16H30NO4+. The van der Waals surface area contributed by atoms with Gasteiger partial charge in [-0.25, -0.2) is 0 Å². The van der Waals surface area contributed by atoms with Gasteiger partial charge in [-0.1, -0.05) is 13.8 Å². The highest BCUT2D eigenvalue weighted by molar-refractivity contribution is 5.73. The lowest BCUT2D eigenvalue weighted by atomic mass is 9.84. The Balaban J connectivity index is 2.57. The van der Waals surface area contributed by atoms with Crippen molar-refractivity contribution in [1.82, 2.24) is 0 Å². The number of hydrogen-bond donors (Lipinski definition) is 2. The maximum atomic E-state index is 11.3.